The van der Waals surface area contributed by atoms with Gasteiger partial charge in [0.15, 0.2) is 5.69 Å². The van der Waals surface area contributed by atoms with Gasteiger partial charge in [0, 0.05) is 11.0 Å². The third-order valence-corrected chi connectivity index (χ3v) is 3.89. The first kappa shape index (κ1) is 12.4. The summed E-state index contributed by atoms with van der Waals surface area (Å²) in [5.74, 6) is 0.246. The van der Waals surface area contributed by atoms with E-state index < -0.39 is 0 Å². The summed E-state index contributed by atoms with van der Waals surface area (Å²) in [6, 6.07) is 6.89. The van der Waals surface area contributed by atoms with Crippen molar-refractivity contribution in [2.24, 2.45) is 0 Å². The highest BCUT2D eigenvalue weighted by Crippen LogP contribution is 2.30. The van der Waals surface area contributed by atoms with Crippen LogP contribution in [0.2, 0.25) is 0 Å². The Bertz CT molecular complexity index is 685. The van der Waals surface area contributed by atoms with Crippen LogP contribution in [0.25, 0.3) is 11.4 Å². The predicted molar refractivity (Wildman–Crippen MR) is 73.0 cm³/mol. The van der Waals surface area contributed by atoms with Gasteiger partial charge in [-0.1, -0.05) is 15.9 Å². The average molecular weight is 320 g/mol. The summed E-state index contributed by atoms with van der Waals surface area (Å²) in [6.07, 6.45) is 2.93. The quantitative estimate of drug-likeness (QED) is 0.805. The number of imidazole rings is 1. The normalized spacial score (nSPS) is 13.9. The summed E-state index contributed by atoms with van der Waals surface area (Å²) in [6.45, 7) is 0.797. The molecule has 0 atom stereocenters. The van der Waals surface area contributed by atoms with Gasteiger partial charge in [0.2, 0.25) is 0 Å². The van der Waals surface area contributed by atoms with Crippen LogP contribution in [0.5, 0.6) is 0 Å². The molecule has 2 aromatic rings. The van der Waals surface area contributed by atoms with Gasteiger partial charge in [-0.05, 0) is 37.5 Å². The van der Waals surface area contributed by atoms with Crippen LogP contribution in [0.4, 0.5) is 4.39 Å². The summed E-state index contributed by atoms with van der Waals surface area (Å²) in [7, 11) is 0. The lowest BCUT2D eigenvalue weighted by Crippen LogP contribution is -2.11. The van der Waals surface area contributed by atoms with Gasteiger partial charge in [-0.15, -0.1) is 0 Å². The Morgan fingerprint density at radius 2 is 2.21 bits per heavy atom. The smallest absolute Gasteiger partial charge is 0.162 e. The van der Waals surface area contributed by atoms with Crippen molar-refractivity contribution in [1.29, 1.82) is 5.26 Å². The van der Waals surface area contributed by atoms with E-state index in [1.807, 2.05) is 4.57 Å². The molecule has 0 amide bonds. The fourth-order valence-corrected chi connectivity index (χ4v) is 2.87. The molecule has 1 aromatic heterocycles. The van der Waals surface area contributed by atoms with Crippen LogP contribution in [0.15, 0.2) is 22.7 Å². The largest absolute Gasteiger partial charge is 0.327 e. The molecule has 1 aromatic carbocycles. The molecule has 0 fully saturated rings. The van der Waals surface area contributed by atoms with Crippen molar-refractivity contribution in [3.63, 3.8) is 0 Å². The molecule has 0 radical (unpaired) electrons. The Kier molecular flexibility index (Phi) is 3.11. The van der Waals surface area contributed by atoms with Crippen molar-refractivity contribution in [3.8, 4) is 17.5 Å². The third-order valence-electron chi connectivity index (χ3n) is 3.39. The molecule has 0 N–H and O–H groups in total. The molecule has 3 rings (SSSR count). The van der Waals surface area contributed by atoms with Crippen molar-refractivity contribution >= 4 is 15.9 Å². The first-order valence-electron chi connectivity index (χ1n) is 6.15. The Hall–Kier alpha value is -1.67. The molecule has 19 heavy (non-hydrogen) atoms. The van der Waals surface area contributed by atoms with Crippen molar-refractivity contribution in [1.82, 2.24) is 9.55 Å². The molecule has 0 saturated heterocycles. The minimum absolute atomic E-state index is 0.314. The number of halogens is 2. The highest BCUT2D eigenvalue weighted by Gasteiger charge is 2.22. The predicted octanol–water partition coefficient (Wildman–Crippen LogP) is 3.66. The molecule has 0 bridgehead atoms. The average Bonchev–Trinajstić information content (AvgIpc) is 2.80. The zero-order valence-corrected chi connectivity index (χ0v) is 11.7. The zero-order valence-electron chi connectivity index (χ0n) is 10.2. The van der Waals surface area contributed by atoms with E-state index in [4.69, 9.17) is 5.26 Å². The van der Waals surface area contributed by atoms with Crippen LogP contribution in [-0.4, -0.2) is 9.55 Å². The minimum Gasteiger partial charge on any atom is -0.327 e. The maximum Gasteiger partial charge on any atom is 0.162 e. The highest BCUT2D eigenvalue weighted by molar-refractivity contribution is 9.10. The lowest BCUT2D eigenvalue weighted by Gasteiger charge is -2.17. The van der Waals surface area contributed by atoms with Crippen LogP contribution < -0.4 is 0 Å². The molecular formula is C14H11BrFN3. The molecule has 1 aliphatic heterocycles. The van der Waals surface area contributed by atoms with Crippen LogP contribution in [-0.2, 0) is 13.0 Å². The van der Waals surface area contributed by atoms with E-state index in [1.54, 1.807) is 12.1 Å². The van der Waals surface area contributed by atoms with Gasteiger partial charge >= 0.3 is 0 Å². The number of rotatable bonds is 1. The monoisotopic (exact) mass is 319 g/mol. The molecule has 0 saturated carbocycles. The van der Waals surface area contributed by atoms with Crippen molar-refractivity contribution in [2.75, 3.05) is 0 Å². The molecule has 0 spiro atoms. The summed E-state index contributed by atoms with van der Waals surface area (Å²) < 4.78 is 16.8. The maximum absolute atomic E-state index is 14.0. The highest BCUT2D eigenvalue weighted by atomic mass is 79.9. The van der Waals surface area contributed by atoms with E-state index >= 15 is 0 Å². The van der Waals surface area contributed by atoms with Gasteiger partial charge in [0.05, 0.1) is 11.3 Å². The molecule has 0 unspecified atom stereocenters. The summed E-state index contributed by atoms with van der Waals surface area (Å²) in [5, 5.41) is 9.15. The Morgan fingerprint density at radius 1 is 1.37 bits per heavy atom. The summed E-state index contributed by atoms with van der Waals surface area (Å²) >= 11 is 3.34. The number of fused-ring (bicyclic) bond motifs is 1. The number of aromatic nitrogens is 2. The molecule has 1 aliphatic rings. The lowest BCUT2D eigenvalue weighted by molar-refractivity contribution is 0.533. The van der Waals surface area contributed by atoms with Crippen molar-refractivity contribution in [3.05, 3.63) is 39.9 Å². The molecule has 3 nitrogen and oxygen atoms in total. The lowest BCUT2D eigenvalue weighted by atomic mass is 10.1. The SMILES string of the molecule is N#Cc1nc(-c2cc(Br)ccc2F)n2c1CCCC2. The van der Waals surface area contributed by atoms with E-state index in [-0.39, 0.29) is 5.82 Å². The number of nitriles is 1. The number of nitrogens with zero attached hydrogens (tertiary/aromatic N) is 3. The Morgan fingerprint density at radius 3 is 3.00 bits per heavy atom. The first-order valence-corrected chi connectivity index (χ1v) is 6.95. The molecule has 96 valence electrons. The standard InChI is InChI=1S/C14H11BrFN3/c15-9-4-5-11(16)10(7-9)14-18-12(8-17)13-3-1-2-6-19(13)14/h4-5,7H,1-3,6H2. The molecule has 5 heteroatoms. The minimum atomic E-state index is -0.314. The van der Waals surface area contributed by atoms with E-state index in [2.05, 4.69) is 27.0 Å². The van der Waals surface area contributed by atoms with Crippen molar-refractivity contribution in [2.45, 2.75) is 25.8 Å². The van der Waals surface area contributed by atoms with Gasteiger partial charge in [-0.25, -0.2) is 9.37 Å². The fourth-order valence-electron chi connectivity index (χ4n) is 2.51. The van der Waals surface area contributed by atoms with Gasteiger partial charge in [0.25, 0.3) is 0 Å². The van der Waals surface area contributed by atoms with E-state index in [0.717, 1.165) is 36.0 Å². The molecule has 0 aliphatic carbocycles. The second kappa shape index (κ2) is 4.78. The Balaban J connectivity index is 2.23. The Labute approximate surface area is 118 Å². The number of hydrogen-bond donors (Lipinski definition) is 0. The van der Waals surface area contributed by atoms with Crippen molar-refractivity contribution < 1.29 is 4.39 Å². The summed E-state index contributed by atoms with van der Waals surface area (Å²) in [5.41, 5.74) is 1.80. The third kappa shape index (κ3) is 2.06. The van der Waals surface area contributed by atoms with E-state index in [0.29, 0.717) is 17.1 Å². The maximum atomic E-state index is 14.0. The van der Waals surface area contributed by atoms with Crippen LogP contribution in [0, 0.1) is 17.1 Å². The van der Waals surface area contributed by atoms with E-state index in [1.165, 1.54) is 6.07 Å². The molecule has 2 heterocycles. The van der Waals surface area contributed by atoms with Gasteiger partial charge in [-0.2, -0.15) is 5.26 Å². The van der Waals surface area contributed by atoms with Gasteiger partial charge in [-0.3, -0.25) is 0 Å². The number of benzene rings is 1. The van der Waals surface area contributed by atoms with Gasteiger partial charge in [0.1, 0.15) is 17.7 Å². The first-order chi connectivity index (χ1) is 9.20. The molecular weight excluding hydrogens is 309 g/mol. The van der Waals surface area contributed by atoms with Gasteiger partial charge < -0.3 is 4.57 Å². The van der Waals surface area contributed by atoms with Crippen LogP contribution >= 0.6 is 15.9 Å². The van der Waals surface area contributed by atoms with Crippen LogP contribution in [0.1, 0.15) is 24.2 Å². The second-order valence-electron chi connectivity index (χ2n) is 4.58. The topological polar surface area (TPSA) is 41.6 Å². The summed E-state index contributed by atoms with van der Waals surface area (Å²) in [4.78, 5) is 4.32. The zero-order chi connectivity index (χ0) is 13.4. The van der Waals surface area contributed by atoms with Crippen LogP contribution in [0.3, 0.4) is 0 Å². The second-order valence-corrected chi connectivity index (χ2v) is 5.49. The fraction of sp³-hybridized carbons (Fsp3) is 0.286. The number of hydrogen-bond acceptors (Lipinski definition) is 2. The van der Waals surface area contributed by atoms with E-state index in [9.17, 15) is 4.39 Å².